The number of carboxylic acid groups (broad SMARTS) is 1. The molecule has 0 radical (unpaired) electrons. The number of methoxy groups -OCH3 is 2. The summed E-state index contributed by atoms with van der Waals surface area (Å²) in [6.07, 6.45) is -3.97. The van der Waals surface area contributed by atoms with Gasteiger partial charge in [0, 0.05) is 43.4 Å². The fourth-order valence-electron chi connectivity index (χ4n) is 4.39. The molecule has 11 nitrogen and oxygen atoms in total. The summed E-state index contributed by atoms with van der Waals surface area (Å²) in [5.41, 5.74) is -0.864. The van der Waals surface area contributed by atoms with Crippen molar-refractivity contribution in [3.63, 3.8) is 0 Å². The van der Waals surface area contributed by atoms with E-state index in [1.54, 1.807) is 31.2 Å². The van der Waals surface area contributed by atoms with Gasteiger partial charge in [0.25, 0.3) is 5.69 Å². The summed E-state index contributed by atoms with van der Waals surface area (Å²) >= 11 is 0. The van der Waals surface area contributed by atoms with Gasteiger partial charge in [-0.25, -0.2) is 4.79 Å². The Morgan fingerprint density at radius 2 is 1.91 bits per heavy atom. The van der Waals surface area contributed by atoms with Crippen LogP contribution < -0.4 is 9.47 Å². The van der Waals surface area contributed by atoms with Gasteiger partial charge in [0.15, 0.2) is 11.9 Å². The van der Waals surface area contributed by atoms with E-state index in [-0.39, 0.29) is 22.9 Å². The smallest absolute Gasteiger partial charge is 0.479 e. The molecule has 2 N–H and O–H groups in total. The molecule has 2 aromatic carbocycles. The Morgan fingerprint density at radius 3 is 2.55 bits per heavy atom. The number of nitro benzene ring substituents is 1. The van der Waals surface area contributed by atoms with Crippen LogP contribution in [-0.4, -0.2) is 58.1 Å². The fraction of sp³-hybridized carbons (Fsp3) is 0.318. The normalized spacial score (nSPS) is 22.1. The summed E-state index contributed by atoms with van der Waals surface area (Å²) in [5.74, 6) is 0.178. The maximum atomic E-state index is 11.6. The lowest BCUT2D eigenvalue weighted by atomic mass is 9.84. The second kappa shape index (κ2) is 8.35. The van der Waals surface area contributed by atoms with Crippen LogP contribution in [0.25, 0.3) is 10.9 Å². The van der Waals surface area contributed by atoms with E-state index >= 15 is 0 Å². The Morgan fingerprint density at radius 1 is 1.21 bits per heavy atom. The molecule has 0 spiro atoms. The zero-order valence-corrected chi connectivity index (χ0v) is 18.0. The summed E-state index contributed by atoms with van der Waals surface area (Å²) in [6, 6.07) is 11.5. The van der Waals surface area contributed by atoms with Crippen molar-refractivity contribution < 1.29 is 38.9 Å². The minimum atomic E-state index is -1.55. The SMILES string of the molecule is COC(OC)[C@@]1(C)Oc2ccc([N+](=O)[O-])cc2[C@H](n2c(OC(=O)O)cc3ccccc32)[C@H]1O. The molecular formula is C22H22N2O9. The van der Waals surface area contributed by atoms with Gasteiger partial charge in [-0.15, -0.1) is 0 Å². The third kappa shape index (κ3) is 3.65. The molecule has 1 aliphatic heterocycles. The Hall–Kier alpha value is -3.67. The first-order valence-electron chi connectivity index (χ1n) is 9.93. The number of nitrogens with zero attached hydrogens (tertiary/aromatic N) is 2. The molecule has 1 aliphatic rings. The number of non-ortho nitro benzene ring substituents is 1. The molecule has 0 saturated heterocycles. The van der Waals surface area contributed by atoms with E-state index in [0.717, 1.165) is 0 Å². The van der Waals surface area contributed by atoms with Crippen molar-refractivity contribution in [2.45, 2.75) is 31.0 Å². The third-order valence-electron chi connectivity index (χ3n) is 5.82. The van der Waals surface area contributed by atoms with Crippen molar-refractivity contribution in [1.82, 2.24) is 4.57 Å². The van der Waals surface area contributed by atoms with Gasteiger partial charge in [-0.05, 0) is 19.1 Å². The van der Waals surface area contributed by atoms with Crippen LogP contribution in [0.2, 0.25) is 0 Å². The van der Waals surface area contributed by atoms with Crippen molar-refractivity contribution in [1.29, 1.82) is 0 Å². The second-order valence-electron chi connectivity index (χ2n) is 7.74. The molecule has 0 bridgehead atoms. The fourth-order valence-corrected chi connectivity index (χ4v) is 4.39. The van der Waals surface area contributed by atoms with Gasteiger partial charge in [-0.3, -0.25) is 10.1 Å². The number of carbonyl (C=O) groups is 1. The number of para-hydroxylation sites is 1. The van der Waals surface area contributed by atoms with Gasteiger partial charge in [-0.1, -0.05) is 18.2 Å². The Labute approximate surface area is 187 Å². The van der Waals surface area contributed by atoms with E-state index in [0.29, 0.717) is 10.9 Å². The summed E-state index contributed by atoms with van der Waals surface area (Å²) in [5, 5.41) is 33.0. The van der Waals surface area contributed by atoms with Gasteiger partial charge >= 0.3 is 6.16 Å². The van der Waals surface area contributed by atoms with Crippen molar-refractivity contribution in [2.24, 2.45) is 0 Å². The van der Waals surface area contributed by atoms with Crippen molar-refractivity contribution in [3.05, 3.63) is 64.2 Å². The molecule has 174 valence electrons. The maximum Gasteiger partial charge on any atom is 0.512 e. The first-order chi connectivity index (χ1) is 15.7. The molecule has 0 aliphatic carbocycles. The maximum absolute atomic E-state index is 11.6. The number of fused-ring (bicyclic) bond motifs is 2. The average Bonchev–Trinajstić information content (AvgIpc) is 3.12. The number of aromatic nitrogens is 1. The second-order valence-corrected chi connectivity index (χ2v) is 7.74. The first-order valence-corrected chi connectivity index (χ1v) is 9.93. The molecule has 1 aromatic heterocycles. The molecule has 0 amide bonds. The molecule has 33 heavy (non-hydrogen) atoms. The van der Waals surface area contributed by atoms with Crippen LogP contribution in [0.1, 0.15) is 18.5 Å². The van der Waals surface area contributed by atoms with Crippen LogP contribution in [0.15, 0.2) is 48.5 Å². The van der Waals surface area contributed by atoms with E-state index < -0.39 is 35.1 Å². The molecule has 11 heteroatoms. The van der Waals surface area contributed by atoms with Crippen LogP contribution in [-0.2, 0) is 9.47 Å². The van der Waals surface area contributed by atoms with Crippen LogP contribution in [0.4, 0.5) is 10.5 Å². The molecule has 0 fully saturated rings. The molecule has 2 heterocycles. The molecule has 4 rings (SSSR count). The highest BCUT2D eigenvalue weighted by Crippen LogP contribution is 2.48. The van der Waals surface area contributed by atoms with E-state index in [1.807, 2.05) is 0 Å². The predicted molar refractivity (Wildman–Crippen MR) is 115 cm³/mol. The van der Waals surface area contributed by atoms with E-state index in [9.17, 15) is 25.1 Å². The van der Waals surface area contributed by atoms with Gasteiger partial charge in [0.05, 0.1) is 16.5 Å². The highest BCUT2D eigenvalue weighted by molar-refractivity contribution is 5.83. The zero-order valence-electron chi connectivity index (χ0n) is 18.0. The topological polar surface area (TPSA) is 143 Å². The number of nitro groups is 1. The lowest BCUT2D eigenvalue weighted by molar-refractivity contribution is -0.385. The number of hydrogen-bond acceptors (Lipinski definition) is 8. The monoisotopic (exact) mass is 458 g/mol. The minimum Gasteiger partial charge on any atom is -0.479 e. The summed E-state index contributed by atoms with van der Waals surface area (Å²) < 4.78 is 23.4. The van der Waals surface area contributed by atoms with E-state index in [1.165, 1.54) is 43.1 Å². The summed E-state index contributed by atoms with van der Waals surface area (Å²) in [4.78, 5) is 22.3. The highest BCUT2D eigenvalue weighted by atomic mass is 16.7. The quantitative estimate of drug-likeness (QED) is 0.246. The van der Waals surface area contributed by atoms with Crippen LogP contribution in [0.5, 0.6) is 11.6 Å². The zero-order chi connectivity index (χ0) is 23.9. The minimum absolute atomic E-state index is 0.0687. The van der Waals surface area contributed by atoms with Gasteiger partial charge in [0.1, 0.15) is 11.9 Å². The lowest BCUT2D eigenvalue weighted by Gasteiger charge is -2.47. The summed E-state index contributed by atoms with van der Waals surface area (Å²) in [6.45, 7) is 1.58. The van der Waals surface area contributed by atoms with E-state index in [2.05, 4.69) is 0 Å². The van der Waals surface area contributed by atoms with Gasteiger partial charge < -0.3 is 33.7 Å². The molecule has 3 aromatic rings. The molecule has 0 saturated carbocycles. The highest BCUT2D eigenvalue weighted by Gasteiger charge is 2.53. The third-order valence-corrected chi connectivity index (χ3v) is 5.82. The van der Waals surface area contributed by atoms with Crippen molar-refractivity contribution >= 4 is 22.7 Å². The number of aliphatic hydroxyl groups excluding tert-OH is 1. The van der Waals surface area contributed by atoms with Crippen LogP contribution in [0, 0.1) is 10.1 Å². The molecular weight excluding hydrogens is 436 g/mol. The standard InChI is InChI=1S/C22H22N2O9/c1-22(20(30-2)31-3)19(25)18(14-11-13(24(28)29)8-9-16(14)33-22)23-15-7-5-4-6-12(15)10-17(23)32-21(26)27/h4-11,18-20,25H,1-3H3,(H,26,27)/t18-,19+,22-/m0/s1. The molecule has 3 atom stereocenters. The number of rotatable bonds is 6. The number of hydrogen-bond donors (Lipinski definition) is 2. The largest absolute Gasteiger partial charge is 0.512 e. The summed E-state index contributed by atoms with van der Waals surface area (Å²) in [7, 11) is 2.78. The predicted octanol–water partition coefficient (Wildman–Crippen LogP) is 3.33. The Balaban J connectivity index is 2.03. The Bertz CT molecular complexity index is 1220. The van der Waals surface area contributed by atoms with Crippen molar-refractivity contribution in [2.75, 3.05) is 14.2 Å². The van der Waals surface area contributed by atoms with Crippen molar-refractivity contribution in [3.8, 4) is 11.6 Å². The molecule has 0 unspecified atom stereocenters. The van der Waals surface area contributed by atoms with Crippen LogP contribution >= 0.6 is 0 Å². The number of aliphatic hydroxyl groups is 1. The van der Waals surface area contributed by atoms with Crippen LogP contribution in [0.3, 0.4) is 0 Å². The first kappa shape index (κ1) is 22.5. The average molecular weight is 458 g/mol. The number of benzene rings is 2. The van der Waals surface area contributed by atoms with E-state index in [4.69, 9.17) is 18.9 Å². The number of ether oxygens (including phenoxy) is 4. The lowest BCUT2D eigenvalue weighted by Crippen LogP contribution is -2.60. The van der Waals surface area contributed by atoms with Gasteiger partial charge in [0.2, 0.25) is 5.88 Å². The van der Waals surface area contributed by atoms with Gasteiger partial charge in [-0.2, -0.15) is 0 Å². The Kier molecular flexibility index (Phi) is 5.70.